The van der Waals surface area contributed by atoms with Crippen molar-refractivity contribution in [3.63, 3.8) is 0 Å². The zero-order valence-electron chi connectivity index (χ0n) is 12.5. The molecule has 5 nitrogen and oxygen atoms in total. The van der Waals surface area contributed by atoms with E-state index in [-0.39, 0.29) is 5.41 Å². The number of aliphatic carboxylic acids is 1. The van der Waals surface area contributed by atoms with Crippen LogP contribution in [-0.4, -0.2) is 29.2 Å². The van der Waals surface area contributed by atoms with Gasteiger partial charge in [0.15, 0.2) is 0 Å². The van der Waals surface area contributed by atoms with Gasteiger partial charge in [0.2, 0.25) is 0 Å². The van der Waals surface area contributed by atoms with Gasteiger partial charge >= 0.3 is 6.18 Å². The van der Waals surface area contributed by atoms with Gasteiger partial charge in [-0.25, -0.2) is 0 Å². The smallest absolute Gasteiger partial charge is 0.430 e. The number of carboxylic acids is 1. The SMILES string of the molecule is N#CC1(c2cncc(I)c2)CC2CCC(C1)[NH2+]2.O=C([O-])C(F)(F)F. The summed E-state index contributed by atoms with van der Waals surface area (Å²) in [5, 5.41) is 20.9. The number of carbonyl (C=O) groups excluding carboxylic acids is 1. The van der Waals surface area contributed by atoms with Crippen LogP contribution in [0.4, 0.5) is 13.2 Å². The van der Waals surface area contributed by atoms with Gasteiger partial charge in [-0.15, -0.1) is 0 Å². The summed E-state index contributed by atoms with van der Waals surface area (Å²) in [5.41, 5.74) is 0.839. The molecule has 0 amide bonds. The second kappa shape index (κ2) is 7.23. The Morgan fingerprint density at radius 1 is 1.38 bits per heavy atom. The Morgan fingerprint density at radius 2 is 1.92 bits per heavy atom. The quantitative estimate of drug-likeness (QED) is 0.632. The summed E-state index contributed by atoms with van der Waals surface area (Å²) in [4.78, 5) is 13.0. The van der Waals surface area contributed by atoms with Crippen LogP contribution in [0.15, 0.2) is 18.5 Å². The van der Waals surface area contributed by atoms with Gasteiger partial charge in [0.25, 0.3) is 0 Å². The lowest BCUT2D eigenvalue weighted by atomic mass is 9.72. The van der Waals surface area contributed by atoms with Crippen molar-refractivity contribution < 1.29 is 28.4 Å². The summed E-state index contributed by atoms with van der Waals surface area (Å²) >= 11 is 2.27. The molecule has 2 aliphatic rings. The summed E-state index contributed by atoms with van der Waals surface area (Å²) in [6.07, 6.45) is 3.05. The fourth-order valence-corrected chi connectivity index (χ4v) is 3.89. The first-order valence-corrected chi connectivity index (χ1v) is 8.39. The Labute approximate surface area is 150 Å². The van der Waals surface area contributed by atoms with E-state index in [4.69, 9.17) is 9.90 Å². The Kier molecular flexibility index (Phi) is 5.70. The van der Waals surface area contributed by atoms with E-state index in [0.717, 1.165) is 22.0 Å². The zero-order valence-corrected chi connectivity index (χ0v) is 14.7. The van der Waals surface area contributed by atoms with Gasteiger partial charge < -0.3 is 15.2 Å². The van der Waals surface area contributed by atoms with Crippen LogP contribution in [0.25, 0.3) is 0 Å². The molecule has 2 fully saturated rings. The van der Waals surface area contributed by atoms with Crippen molar-refractivity contribution >= 4 is 28.6 Å². The van der Waals surface area contributed by atoms with Crippen molar-refractivity contribution in [3.8, 4) is 6.07 Å². The summed E-state index contributed by atoms with van der Waals surface area (Å²) in [7, 11) is 0. The van der Waals surface area contributed by atoms with Crippen molar-refractivity contribution in [2.75, 3.05) is 0 Å². The van der Waals surface area contributed by atoms with Crippen LogP contribution < -0.4 is 10.4 Å². The largest absolute Gasteiger partial charge is 0.542 e. The number of pyridine rings is 1. The fourth-order valence-electron chi connectivity index (χ4n) is 3.39. The van der Waals surface area contributed by atoms with E-state index in [2.05, 4.69) is 45.0 Å². The highest BCUT2D eigenvalue weighted by Crippen LogP contribution is 2.39. The molecular weight excluding hydrogens is 438 g/mol. The van der Waals surface area contributed by atoms with Crippen LogP contribution in [0.1, 0.15) is 31.2 Å². The lowest BCUT2D eigenvalue weighted by Crippen LogP contribution is -2.94. The number of aromatic nitrogens is 1. The minimum absolute atomic E-state index is 0.283. The van der Waals surface area contributed by atoms with Gasteiger partial charge in [-0.1, -0.05) is 0 Å². The van der Waals surface area contributed by atoms with Crippen LogP contribution in [0.5, 0.6) is 0 Å². The first kappa shape index (κ1) is 18.9. The maximum absolute atomic E-state index is 10.5. The molecular formula is C15H15F3IN3O2. The molecule has 2 N–H and O–H groups in total. The van der Waals surface area contributed by atoms with E-state index < -0.39 is 12.1 Å². The van der Waals surface area contributed by atoms with E-state index >= 15 is 0 Å². The van der Waals surface area contributed by atoms with E-state index in [1.165, 1.54) is 12.8 Å². The molecule has 3 rings (SSSR count). The van der Waals surface area contributed by atoms with Crippen LogP contribution >= 0.6 is 22.6 Å². The van der Waals surface area contributed by atoms with E-state index in [0.29, 0.717) is 12.1 Å². The molecule has 0 aliphatic carbocycles. The van der Waals surface area contributed by atoms with E-state index in [1.807, 2.05) is 12.4 Å². The monoisotopic (exact) mass is 453 g/mol. The number of quaternary nitrogens is 1. The molecule has 3 heterocycles. The molecule has 24 heavy (non-hydrogen) atoms. The number of halogens is 4. The van der Waals surface area contributed by atoms with E-state index in [9.17, 15) is 18.4 Å². The lowest BCUT2D eigenvalue weighted by Gasteiger charge is -2.33. The molecule has 2 aliphatic heterocycles. The van der Waals surface area contributed by atoms with Crippen molar-refractivity contribution in [1.29, 1.82) is 5.26 Å². The normalized spacial score (nSPS) is 28.5. The maximum Gasteiger partial charge on any atom is 0.430 e. The number of piperidine rings is 1. The Morgan fingerprint density at radius 3 is 2.33 bits per heavy atom. The van der Waals surface area contributed by atoms with Gasteiger partial charge in [-0.3, -0.25) is 4.98 Å². The second-order valence-corrected chi connectivity index (χ2v) is 7.31. The van der Waals surface area contributed by atoms with Gasteiger partial charge in [0.1, 0.15) is 5.97 Å². The summed E-state index contributed by atoms with van der Waals surface area (Å²) in [6.45, 7) is 0. The fraction of sp³-hybridized carbons (Fsp3) is 0.533. The number of hydrogen-bond donors (Lipinski definition) is 1. The highest BCUT2D eigenvalue weighted by atomic mass is 127. The number of rotatable bonds is 1. The Bertz CT molecular complexity index is 648. The number of nitrogens with zero attached hydrogens (tertiary/aromatic N) is 2. The third-order valence-corrected chi connectivity index (χ3v) is 4.97. The molecule has 2 bridgehead atoms. The predicted molar refractivity (Wildman–Crippen MR) is 83.3 cm³/mol. The topological polar surface area (TPSA) is 93.4 Å². The number of carboxylic acid groups (broad SMARTS) is 1. The molecule has 0 aromatic carbocycles. The minimum Gasteiger partial charge on any atom is -0.542 e. The lowest BCUT2D eigenvalue weighted by molar-refractivity contribution is -0.712. The molecule has 0 radical (unpaired) electrons. The summed E-state index contributed by atoms with van der Waals surface area (Å²) < 4.78 is 32.7. The molecule has 0 saturated carbocycles. The molecule has 9 heteroatoms. The number of alkyl halides is 3. The van der Waals surface area contributed by atoms with Gasteiger partial charge in [0, 0.05) is 41.6 Å². The highest BCUT2D eigenvalue weighted by molar-refractivity contribution is 14.1. The molecule has 0 spiro atoms. The highest BCUT2D eigenvalue weighted by Gasteiger charge is 2.48. The first-order valence-electron chi connectivity index (χ1n) is 7.32. The number of carbonyl (C=O) groups is 1. The average Bonchev–Trinajstić information content (AvgIpc) is 2.86. The third kappa shape index (κ3) is 4.36. The summed E-state index contributed by atoms with van der Waals surface area (Å²) in [6, 6.07) is 6.01. The van der Waals surface area contributed by atoms with Crippen molar-refractivity contribution in [2.45, 2.75) is 49.4 Å². The van der Waals surface area contributed by atoms with E-state index in [1.54, 1.807) is 0 Å². The van der Waals surface area contributed by atoms with Gasteiger partial charge in [-0.2, -0.15) is 18.4 Å². The molecule has 2 unspecified atom stereocenters. The molecule has 1 aromatic rings. The summed E-state index contributed by atoms with van der Waals surface area (Å²) in [5.74, 6) is -3.01. The van der Waals surface area contributed by atoms with Crippen molar-refractivity contribution in [2.24, 2.45) is 0 Å². The molecule has 130 valence electrons. The molecule has 2 saturated heterocycles. The molecule has 2 atom stereocenters. The average molecular weight is 453 g/mol. The Hall–Kier alpha value is -1.41. The number of fused-ring (bicyclic) bond motifs is 2. The second-order valence-electron chi connectivity index (χ2n) is 6.07. The number of nitriles is 1. The van der Waals surface area contributed by atoms with Crippen molar-refractivity contribution in [3.05, 3.63) is 27.6 Å². The van der Waals surface area contributed by atoms with Gasteiger partial charge in [-0.05, 0) is 34.2 Å². The van der Waals surface area contributed by atoms with Crippen LogP contribution in [-0.2, 0) is 10.2 Å². The third-order valence-electron chi connectivity index (χ3n) is 4.38. The predicted octanol–water partition coefficient (Wildman–Crippen LogP) is 0.634. The van der Waals surface area contributed by atoms with Crippen LogP contribution in [0.2, 0.25) is 0 Å². The Balaban J connectivity index is 0.000000256. The number of nitrogens with two attached hydrogens (primary N) is 1. The first-order chi connectivity index (χ1) is 11.2. The van der Waals surface area contributed by atoms with Crippen molar-refractivity contribution in [1.82, 2.24) is 4.98 Å². The number of hydrogen-bond acceptors (Lipinski definition) is 4. The minimum atomic E-state index is -5.19. The zero-order chi connectivity index (χ0) is 18.0. The molecule has 1 aromatic heterocycles. The maximum atomic E-state index is 10.5. The van der Waals surface area contributed by atoms with Gasteiger partial charge in [0.05, 0.1) is 23.6 Å². The van der Waals surface area contributed by atoms with Crippen LogP contribution in [0.3, 0.4) is 0 Å². The standard InChI is InChI=1S/C13H14IN3.C2HF3O2/c14-10-3-9(6-16-7-10)13(8-15)4-11-1-2-12(5-13)17-11;3-2(4,5)1(6)7/h3,6-7,11-12,17H,1-2,4-5H2;(H,6,7). The van der Waals surface area contributed by atoms with Crippen LogP contribution in [0, 0.1) is 14.9 Å².